The minimum Gasteiger partial charge on any atom is -0.467 e. The summed E-state index contributed by atoms with van der Waals surface area (Å²) in [5, 5.41) is 10.3. The fraction of sp³-hybridized carbons (Fsp3) is 0.706. The standard InChI is InChI=1S/C17H26N2O3/c1-2-19(13-7-8-13)17(21)12-18-9-3-5-14(18)11-15(20)16-6-4-10-22-16/h4,6,10,13-15,20H,2-3,5,7-9,11-12H2,1H3. The lowest BCUT2D eigenvalue weighted by Gasteiger charge is -2.28. The zero-order valence-electron chi connectivity index (χ0n) is 13.3. The molecular weight excluding hydrogens is 280 g/mol. The molecule has 2 fully saturated rings. The highest BCUT2D eigenvalue weighted by atomic mass is 16.4. The lowest BCUT2D eigenvalue weighted by atomic mass is 10.1. The van der Waals surface area contributed by atoms with Crippen LogP contribution in [0.5, 0.6) is 0 Å². The Balaban J connectivity index is 1.55. The number of hydrogen-bond donors (Lipinski definition) is 1. The van der Waals surface area contributed by atoms with Gasteiger partial charge in [0.15, 0.2) is 0 Å². The van der Waals surface area contributed by atoms with Crippen LogP contribution in [0, 0.1) is 0 Å². The summed E-state index contributed by atoms with van der Waals surface area (Å²) < 4.78 is 5.27. The molecule has 22 heavy (non-hydrogen) atoms. The molecule has 122 valence electrons. The molecule has 3 rings (SSSR count). The van der Waals surface area contributed by atoms with Crippen molar-refractivity contribution in [3.63, 3.8) is 0 Å². The van der Waals surface area contributed by atoms with Crippen LogP contribution in [0.3, 0.4) is 0 Å². The first-order valence-corrected chi connectivity index (χ1v) is 8.44. The van der Waals surface area contributed by atoms with E-state index in [0.717, 1.165) is 38.8 Å². The van der Waals surface area contributed by atoms with Crippen molar-refractivity contribution in [3.8, 4) is 0 Å². The molecule has 2 atom stereocenters. The lowest BCUT2D eigenvalue weighted by Crippen LogP contribution is -2.43. The lowest BCUT2D eigenvalue weighted by molar-refractivity contribution is -0.133. The number of aliphatic hydroxyl groups is 1. The van der Waals surface area contributed by atoms with E-state index in [2.05, 4.69) is 11.8 Å². The fourth-order valence-corrected chi connectivity index (χ4v) is 3.51. The van der Waals surface area contributed by atoms with Gasteiger partial charge < -0.3 is 14.4 Å². The second-order valence-electron chi connectivity index (χ2n) is 6.44. The van der Waals surface area contributed by atoms with Crippen LogP contribution in [0.2, 0.25) is 0 Å². The Labute approximate surface area is 131 Å². The highest BCUT2D eigenvalue weighted by Gasteiger charge is 2.34. The molecule has 0 aromatic carbocycles. The molecule has 1 aromatic heterocycles. The van der Waals surface area contributed by atoms with Crippen molar-refractivity contribution in [2.24, 2.45) is 0 Å². The van der Waals surface area contributed by atoms with Crippen molar-refractivity contribution in [1.82, 2.24) is 9.80 Å². The van der Waals surface area contributed by atoms with Gasteiger partial charge in [0.25, 0.3) is 0 Å². The number of amides is 1. The molecule has 2 aliphatic rings. The topological polar surface area (TPSA) is 56.9 Å². The first-order valence-electron chi connectivity index (χ1n) is 8.44. The molecule has 0 radical (unpaired) electrons. The van der Waals surface area contributed by atoms with Crippen LogP contribution in [0.15, 0.2) is 22.8 Å². The first kappa shape index (κ1) is 15.6. The fourth-order valence-electron chi connectivity index (χ4n) is 3.51. The minimum absolute atomic E-state index is 0.240. The van der Waals surface area contributed by atoms with E-state index in [0.29, 0.717) is 24.8 Å². The molecule has 1 aliphatic heterocycles. The second kappa shape index (κ2) is 6.84. The Bertz CT molecular complexity index is 484. The van der Waals surface area contributed by atoms with Gasteiger partial charge >= 0.3 is 0 Å². The highest BCUT2D eigenvalue weighted by molar-refractivity contribution is 5.79. The summed E-state index contributed by atoms with van der Waals surface area (Å²) in [6, 6.07) is 4.35. The third kappa shape index (κ3) is 3.52. The molecule has 5 nitrogen and oxygen atoms in total. The van der Waals surface area contributed by atoms with Gasteiger partial charge in [-0.3, -0.25) is 9.69 Å². The average Bonchev–Trinajstić information content (AvgIpc) is 3.01. The highest BCUT2D eigenvalue weighted by Crippen LogP contribution is 2.29. The van der Waals surface area contributed by atoms with Gasteiger partial charge in [-0.15, -0.1) is 0 Å². The molecule has 1 amide bonds. The molecule has 2 heterocycles. The number of aliphatic hydroxyl groups excluding tert-OH is 1. The quantitative estimate of drug-likeness (QED) is 0.839. The predicted molar refractivity (Wildman–Crippen MR) is 83.3 cm³/mol. The van der Waals surface area contributed by atoms with Crippen LogP contribution < -0.4 is 0 Å². The van der Waals surface area contributed by atoms with Crippen molar-refractivity contribution in [2.45, 2.75) is 57.2 Å². The van der Waals surface area contributed by atoms with E-state index in [-0.39, 0.29) is 11.9 Å². The molecule has 1 aliphatic carbocycles. The van der Waals surface area contributed by atoms with E-state index in [1.165, 1.54) is 0 Å². The van der Waals surface area contributed by atoms with E-state index >= 15 is 0 Å². The number of hydrogen-bond acceptors (Lipinski definition) is 4. The molecular formula is C17H26N2O3. The molecule has 0 spiro atoms. The van der Waals surface area contributed by atoms with Crippen LogP contribution >= 0.6 is 0 Å². The SMILES string of the molecule is CCN(C(=O)CN1CCCC1CC(O)c1ccco1)C1CC1. The Morgan fingerprint density at radius 2 is 2.32 bits per heavy atom. The maximum atomic E-state index is 12.5. The Hall–Kier alpha value is -1.33. The van der Waals surface area contributed by atoms with Crippen LogP contribution in [0.1, 0.15) is 50.9 Å². The monoisotopic (exact) mass is 306 g/mol. The summed E-state index contributed by atoms with van der Waals surface area (Å²) in [5.41, 5.74) is 0. The molecule has 5 heteroatoms. The van der Waals surface area contributed by atoms with Crippen molar-refractivity contribution in [1.29, 1.82) is 0 Å². The Kier molecular flexibility index (Phi) is 4.84. The largest absolute Gasteiger partial charge is 0.467 e. The molecule has 1 aromatic rings. The summed E-state index contributed by atoms with van der Waals surface area (Å²) >= 11 is 0. The van der Waals surface area contributed by atoms with Gasteiger partial charge in [-0.25, -0.2) is 0 Å². The number of furan rings is 1. The molecule has 1 saturated heterocycles. The van der Waals surface area contributed by atoms with Crippen molar-refractivity contribution in [3.05, 3.63) is 24.2 Å². The van der Waals surface area contributed by atoms with E-state index in [1.807, 2.05) is 4.90 Å². The number of nitrogens with zero attached hydrogens (tertiary/aromatic N) is 2. The number of rotatable bonds is 7. The van der Waals surface area contributed by atoms with Gasteiger partial charge in [0.1, 0.15) is 11.9 Å². The van der Waals surface area contributed by atoms with Crippen LogP contribution in [0.4, 0.5) is 0 Å². The molecule has 1 saturated carbocycles. The van der Waals surface area contributed by atoms with Gasteiger partial charge in [0, 0.05) is 18.6 Å². The van der Waals surface area contributed by atoms with Gasteiger partial charge in [-0.1, -0.05) is 0 Å². The molecule has 1 N–H and O–H groups in total. The maximum absolute atomic E-state index is 12.5. The van der Waals surface area contributed by atoms with E-state index in [9.17, 15) is 9.90 Å². The third-order valence-electron chi connectivity index (χ3n) is 4.85. The van der Waals surface area contributed by atoms with Gasteiger partial charge in [0.05, 0.1) is 12.8 Å². The summed E-state index contributed by atoms with van der Waals surface area (Å²) in [6.07, 6.45) is 6.08. The van der Waals surface area contributed by atoms with Crippen molar-refractivity contribution in [2.75, 3.05) is 19.6 Å². The molecule has 0 bridgehead atoms. The van der Waals surface area contributed by atoms with Crippen LogP contribution in [-0.4, -0.2) is 52.5 Å². The number of carbonyl (C=O) groups excluding carboxylic acids is 1. The summed E-state index contributed by atoms with van der Waals surface area (Å²) in [5.74, 6) is 0.857. The predicted octanol–water partition coefficient (Wildman–Crippen LogP) is 2.18. The summed E-state index contributed by atoms with van der Waals surface area (Å²) in [6.45, 7) is 4.29. The number of carbonyl (C=O) groups is 1. The number of likely N-dealkylation sites (N-methyl/N-ethyl adjacent to an activating group) is 1. The number of likely N-dealkylation sites (tertiary alicyclic amines) is 1. The summed E-state index contributed by atoms with van der Waals surface area (Å²) in [7, 11) is 0. The van der Waals surface area contributed by atoms with Crippen molar-refractivity contribution < 1.29 is 14.3 Å². The zero-order chi connectivity index (χ0) is 15.5. The average molecular weight is 306 g/mol. The summed E-state index contributed by atoms with van der Waals surface area (Å²) in [4.78, 5) is 16.7. The van der Waals surface area contributed by atoms with Gasteiger partial charge in [-0.2, -0.15) is 0 Å². The van der Waals surface area contributed by atoms with Crippen molar-refractivity contribution >= 4 is 5.91 Å². The van der Waals surface area contributed by atoms with Crippen LogP contribution in [0.25, 0.3) is 0 Å². The first-order chi connectivity index (χ1) is 10.7. The normalized spacial score (nSPS) is 23.6. The van der Waals surface area contributed by atoms with Gasteiger partial charge in [-0.05, 0) is 57.7 Å². The second-order valence-corrected chi connectivity index (χ2v) is 6.44. The van der Waals surface area contributed by atoms with Crippen LogP contribution in [-0.2, 0) is 4.79 Å². The minimum atomic E-state index is -0.582. The Morgan fingerprint density at radius 3 is 2.95 bits per heavy atom. The van der Waals surface area contributed by atoms with E-state index in [1.54, 1.807) is 18.4 Å². The smallest absolute Gasteiger partial charge is 0.236 e. The van der Waals surface area contributed by atoms with E-state index < -0.39 is 6.10 Å². The molecule has 2 unspecified atom stereocenters. The maximum Gasteiger partial charge on any atom is 0.236 e. The van der Waals surface area contributed by atoms with Gasteiger partial charge in [0.2, 0.25) is 5.91 Å². The Morgan fingerprint density at radius 1 is 1.50 bits per heavy atom. The third-order valence-corrected chi connectivity index (χ3v) is 4.85. The van der Waals surface area contributed by atoms with E-state index in [4.69, 9.17) is 4.42 Å². The zero-order valence-corrected chi connectivity index (χ0v) is 13.3.